The summed E-state index contributed by atoms with van der Waals surface area (Å²) in [4.78, 5) is 6.79. The zero-order chi connectivity index (χ0) is 14.5. The number of aromatic nitrogens is 1. The molecule has 0 bridgehead atoms. The summed E-state index contributed by atoms with van der Waals surface area (Å²) in [5, 5.41) is 3.27. The number of rotatable bonds is 5. The molecule has 3 nitrogen and oxygen atoms in total. The third kappa shape index (κ3) is 2.99. The van der Waals surface area contributed by atoms with Crippen molar-refractivity contribution >= 4 is 11.5 Å². The largest absolute Gasteiger partial charge is 0.326 e. The first-order valence-corrected chi connectivity index (χ1v) is 7.13. The number of hydrogen-bond acceptors (Lipinski definition) is 3. The van der Waals surface area contributed by atoms with Gasteiger partial charge in [-0.05, 0) is 57.1 Å². The zero-order valence-corrected chi connectivity index (χ0v) is 12.7. The second kappa shape index (κ2) is 6.53. The number of pyridine rings is 1. The molecule has 20 heavy (non-hydrogen) atoms. The Hall–Kier alpha value is -1.87. The van der Waals surface area contributed by atoms with E-state index in [1.165, 1.54) is 16.8 Å². The maximum Gasteiger partial charge on any atom is 0.133 e. The molecule has 0 saturated heterocycles. The van der Waals surface area contributed by atoms with Crippen LogP contribution in [0, 0.1) is 6.92 Å². The Morgan fingerprint density at radius 3 is 2.65 bits per heavy atom. The lowest BCUT2D eigenvalue weighted by molar-refractivity contribution is 0.651. The molecule has 0 aliphatic rings. The first-order chi connectivity index (χ1) is 9.67. The molecule has 2 rings (SSSR count). The van der Waals surface area contributed by atoms with Crippen molar-refractivity contribution in [1.29, 1.82) is 0 Å². The average molecular weight is 269 g/mol. The summed E-state index contributed by atoms with van der Waals surface area (Å²) in [7, 11) is 1.98. The van der Waals surface area contributed by atoms with Crippen LogP contribution in [-0.2, 0) is 0 Å². The molecule has 0 radical (unpaired) electrons. The maximum absolute atomic E-state index is 4.54. The topological polar surface area (TPSA) is 28.2 Å². The van der Waals surface area contributed by atoms with Crippen LogP contribution in [0.1, 0.15) is 31.0 Å². The van der Waals surface area contributed by atoms with Crippen LogP contribution in [0.2, 0.25) is 0 Å². The Balaban J connectivity index is 2.40. The Kier molecular flexibility index (Phi) is 4.74. The average Bonchev–Trinajstić information content (AvgIpc) is 2.49. The second-order valence-corrected chi connectivity index (χ2v) is 4.99. The molecule has 1 heterocycles. The zero-order valence-electron chi connectivity index (χ0n) is 12.7. The van der Waals surface area contributed by atoms with E-state index < -0.39 is 0 Å². The Morgan fingerprint density at radius 2 is 2.00 bits per heavy atom. The Bertz CT molecular complexity index is 566. The molecule has 1 aromatic carbocycles. The highest BCUT2D eigenvalue weighted by molar-refractivity contribution is 5.63. The van der Waals surface area contributed by atoms with Crippen molar-refractivity contribution in [3.8, 4) is 0 Å². The van der Waals surface area contributed by atoms with Gasteiger partial charge >= 0.3 is 0 Å². The van der Waals surface area contributed by atoms with Gasteiger partial charge in [0.25, 0.3) is 0 Å². The van der Waals surface area contributed by atoms with Gasteiger partial charge in [0.2, 0.25) is 0 Å². The number of para-hydroxylation sites is 1. The summed E-state index contributed by atoms with van der Waals surface area (Å²) in [6.07, 6.45) is 1.89. The van der Waals surface area contributed by atoms with E-state index in [1.807, 2.05) is 13.2 Å². The molecule has 0 aliphatic heterocycles. The minimum atomic E-state index is 0.326. The van der Waals surface area contributed by atoms with Gasteiger partial charge in [0.05, 0.1) is 0 Å². The van der Waals surface area contributed by atoms with Gasteiger partial charge in [-0.25, -0.2) is 4.98 Å². The van der Waals surface area contributed by atoms with E-state index in [-0.39, 0.29) is 0 Å². The molecule has 2 aromatic rings. The van der Waals surface area contributed by atoms with Crippen LogP contribution >= 0.6 is 0 Å². The molecule has 1 unspecified atom stereocenters. The third-order valence-corrected chi connectivity index (χ3v) is 3.70. The summed E-state index contributed by atoms with van der Waals surface area (Å²) in [5.74, 6) is 1.00. The molecule has 1 atom stereocenters. The molecule has 0 amide bonds. The number of nitrogens with one attached hydrogen (secondary N) is 1. The summed E-state index contributed by atoms with van der Waals surface area (Å²) in [5.41, 5.74) is 3.74. The molecule has 0 aliphatic carbocycles. The minimum Gasteiger partial charge on any atom is -0.326 e. The monoisotopic (exact) mass is 269 g/mol. The normalized spacial score (nSPS) is 12.2. The number of benzene rings is 1. The van der Waals surface area contributed by atoms with Crippen molar-refractivity contribution in [2.75, 3.05) is 18.5 Å². The van der Waals surface area contributed by atoms with Crippen LogP contribution in [0.4, 0.5) is 11.5 Å². The predicted molar refractivity (Wildman–Crippen MR) is 85.6 cm³/mol. The summed E-state index contributed by atoms with van der Waals surface area (Å²) < 4.78 is 0. The van der Waals surface area contributed by atoms with Crippen LogP contribution in [0.25, 0.3) is 0 Å². The number of anilines is 2. The summed E-state index contributed by atoms with van der Waals surface area (Å²) >= 11 is 0. The van der Waals surface area contributed by atoms with Crippen molar-refractivity contribution in [3.63, 3.8) is 0 Å². The van der Waals surface area contributed by atoms with Gasteiger partial charge in [-0.15, -0.1) is 0 Å². The van der Waals surface area contributed by atoms with Crippen molar-refractivity contribution in [1.82, 2.24) is 10.3 Å². The highest BCUT2D eigenvalue weighted by Crippen LogP contribution is 2.27. The van der Waals surface area contributed by atoms with Crippen LogP contribution in [0.5, 0.6) is 0 Å². The molecule has 0 fully saturated rings. The lowest BCUT2D eigenvalue weighted by Gasteiger charge is -2.25. The second-order valence-electron chi connectivity index (χ2n) is 4.99. The molecule has 3 heteroatoms. The first-order valence-electron chi connectivity index (χ1n) is 7.13. The fourth-order valence-electron chi connectivity index (χ4n) is 2.34. The van der Waals surface area contributed by atoms with E-state index in [9.17, 15) is 0 Å². The van der Waals surface area contributed by atoms with Crippen LogP contribution in [0.15, 0.2) is 42.6 Å². The molecular formula is C17H23N3. The van der Waals surface area contributed by atoms with Gasteiger partial charge < -0.3 is 10.2 Å². The predicted octanol–water partition coefficient (Wildman–Crippen LogP) is 3.83. The quantitative estimate of drug-likeness (QED) is 0.894. The number of hydrogen-bond donors (Lipinski definition) is 1. The van der Waals surface area contributed by atoms with E-state index in [1.54, 1.807) is 0 Å². The standard InChI is InChI=1S/C17H23N3/c1-5-20(16-9-7-6-8-13(16)2)17-12-15(10-11-19-17)14(3)18-4/h6-12,14,18H,5H2,1-4H3. The smallest absolute Gasteiger partial charge is 0.133 e. The highest BCUT2D eigenvalue weighted by Gasteiger charge is 2.12. The molecule has 1 N–H and O–H groups in total. The molecule has 0 saturated carbocycles. The van der Waals surface area contributed by atoms with E-state index in [0.29, 0.717) is 6.04 Å². The Labute approximate surface area is 121 Å². The molecular weight excluding hydrogens is 246 g/mol. The van der Waals surface area contributed by atoms with Crippen molar-refractivity contribution in [2.45, 2.75) is 26.8 Å². The van der Waals surface area contributed by atoms with E-state index in [0.717, 1.165) is 12.4 Å². The van der Waals surface area contributed by atoms with Crippen molar-refractivity contribution in [2.24, 2.45) is 0 Å². The number of aryl methyl sites for hydroxylation is 1. The minimum absolute atomic E-state index is 0.326. The SMILES string of the molecule is CCN(c1cc(C(C)NC)ccn1)c1ccccc1C. The van der Waals surface area contributed by atoms with E-state index >= 15 is 0 Å². The number of nitrogens with zero attached hydrogens (tertiary/aromatic N) is 2. The summed E-state index contributed by atoms with van der Waals surface area (Å²) in [6, 6.07) is 13.0. The fourth-order valence-corrected chi connectivity index (χ4v) is 2.34. The molecule has 106 valence electrons. The van der Waals surface area contributed by atoms with Crippen molar-refractivity contribution in [3.05, 3.63) is 53.7 Å². The van der Waals surface area contributed by atoms with Crippen LogP contribution < -0.4 is 10.2 Å². The van der Waals surface area contributed by atoms with Gasteiger partial charge in [0, 0.05) is 24.5 Å². The van der Waals surface area contributed by atoms with E-state index in [2.05, 4.69) is 72.4 Å². The van der Waals surface area contributed by atoms with Gasteiger partial charge in [-0.3, -0.25) is 0 Å². The third-order valence-electron chi connectivity index (χ3n) is 3.70. The van der Waals surface area contributed by atoms with Gasteiger partial charge in [-0.1, -0.05) is 18.2 Å². The lowest BCUT2D eigenvalue weighted by atomic mass is 10.1. The summed E-state index contributed by atoms with van der Waals surface area (Å²) in [6.45, 7) is 7.35. The lowest BCUT2D eigenvalue weighted by Crippen LogP contribution is -2.19. The van der Waals surface area contributed by atoms with Crippen LogP contribution in [0.3, 0.4) is 0 Å². The van der Waals surface area contributed by atoms with Gasteiger partial charge in [0.15, 0.2) is 0 Å². The maximum atomic E-state index is 4.54. The Morgan fingerprint density at radius 1 is 1.25 bits per heavy atom. The molecule has 0 spiro atoms. The van der Waals surface area contributed by atoms with Gasteiger partial charge in [-0.2, -0.15) is 0 Å². The van der Waals surface area contributed by atoms with Crippen molar-refractivity contribution < 1.29 is 0 Å². The fraction of sp³-hybridized carbons (Fsp3) is 0.353. The van der Waals surface area contributed by atoms with Crippen LogP contribution in [-0.4, -0.2) is 18.6 Å². The molecule has 1 aromatic heterocycles. The highest BCUT2D eigenvalue weighted by atomic mass is 15.2. The van der Waals surface area contributed by atoms with E-state index in [4.69, 9.17) is 0 Å². The van der Waals surface area contributed by atoms with Gasteiger partial charge in [0.1, 0.15) is 5.82 Å². The first kappa shape index (κ1) is 14.5.